The molecule has 2 heterocycles. The number of pyridine rings is 1. The summed E-state index contributed by atoms with van der Waals surface area (Å²) in [5.74, 6) is 0.530. The zero-order valence-corrected chi connectivity index (χ0v) is 18.3. The third-order valence-corrected chi connectivity index (χ3v) is 5.04. The zero-order valence-electron chi connectivity index (χ0n) is 18.3. The Morgan fingerprint density at radius 3 is 2.06 bits per heavy atom. The van der Waals surface area contributed by atoms with E-state index in [4.69, 9.17) is 9.47 Å². The summed E-state index contributed by atoms with van der Waals surface area (Å²) in [6.07, 6.45) is 7.21. The maximum atomic E-state index is 13.0. The average molecular weight is 424 g/mol. The third-order valence-electron chi connectivity index (χ3n) is 5.04. The molecule has 1 aromatic heterocycles. The van der Waals surface area contributed by atoms with E-state index in [0.29, 0.717) is 38.5 Å². The molecule has 1 saturated heterocycles. The SMILES string of the molecule is CCOC(=O)N1CCN(C(=O)C(C)(C)Oc2ccc(/C=C/c3ccncc3)cc2)CC1. The van der Waals surface area contributed by atoms with Gasteiger partial charge in [-0.2, -0.15) is 0 Å². The predicted molar refractivity (Wildman–Crippen MR) is 119 cm³/mol. The van der Waals surface area contributed by atoms with Gasteiger partial charge in [0.05, 0.1) is 6.61 Å². The number of carbonyl (C=O) groups excluding carboxylic acids is 2. The van der Waals surface area contributed by atoms with Crippen molar-refractivity contribution in [3.8, 4) is 5.75 Å². The van der Waals surface area contributed by atoms with Gasteiger partial charge in [0.1, 0.15) is 5.75 Å². The van der Waals surface area contributed by atoms with E-state index in [1.807, 2.05) is 48.6 Å². The second-order valence-corrected chi connectivity index (χ2v) is 7.77. The van der Waals surface area contributed by atoms with Gasteiger partial charge in [-0.1, -0.05) is 24.3 Å². The van der Waals surface area contributed by atoms with Crippen molar-refractivity contribution in [1.29, 1.82) is 0 Å². The van der Waals surface area contributed by atoms with E-state index in [9.17, 15) is 9.59 Å². The fraction of sp³-hybridized carbons (Fsp3) is 0.375. The predicted octanol–water partition coefficient (Wildman–Crippen LogP) is 3.71. The molecule has 0 spiro atoms. The van der Waals surface area contributed by atoms with Crippen LogP contribution in [0.15, 0.2) is 48.8 Å². The number of ether oxygens (including phenoxy) is 2. The molecule has 7 heteroatoms. The summed E-state index contributed by atoms with van der Waals surface area (Å²) in [6.45, 7) is 7.50. The lowest BCUT2D eigenvalue weighted by molar-refractivity contribution is -0.147. The normalized spacial score (nSPS) is 14.5. The quantitative estimate of drug-likeness (QED) is 0.708. The average Bonchev–Trinajstić information content (AvgIpc) is 2.79. The number of benzene rings is 1. The Morgan fingerprint density at radius 2 is 1.48 bits per heavy atom. The summed E-state index contributed by atoms with van der Waals surface area (Å²) in [4.78, 5) is 32.2. The Bertz CT molecular complexity index is 902. The maximum Gasteiger partial charge on any atom is 0.409 e. The lowest BCUT2D eigenvalue weighted by atomic mass is 10.1. The van der Waals surface area contributed by atoms with E-state index in [0.717, 1.165) is 11.1 Å². The first-order valence-electron chi connectivity index (χ1n) is 10.5. The lowest BCUT2D eigenvalue weighted by Crippen LogP contribution is -2.56. The van der Waals surface area contributed by atoms with Crippen LogP contribution >= 0.6 is 0 Å². The van der Waals surface area contributed by atoms with Gasteiger partial charge < -0.3 is 19.3 Å². The summed E-state index contributed by atoms with van der Waals surface area (Å²) < 4.78 is 11.0. The highest BCUT2D eigenvalue weighted by Gasteiger charge is 2.36. The van der Waals surface area contributed by atoms with Crippen molar-refractivity contribution in [3.63, 3.8) is 0 Å². The summed E-state index contributed by atoms with van der Waals surface area (Å²) in [5, 5.41) is 0. The fourth-order valence-electron chi connectivity index (χ4n) is 3.34. The van der Waals surface area contributed by atoms with Crippen LogP contribution in [-0.2, 0) is 9.53 Å². The first kappa shape index (κ1) is 22.3. The summed E-state index contributed by atoms with van der Waals surface area (Å²) >= 11 is 0. The van der Waals surface area contributed by atoms with Crippen LogP contribution in [0.1, 0.15) is 31.9 Å². The molecule has 0 radical (unpaired) electrons. The number of hydrogen-bond acceptors (Lipinski definition) is 5. The van der Waals surface area contributed by atoms with Gasteiger partial charge in [0, 0.05) is 38.6 Å². The maximum absolute atomic E-state index is 13.0. The van der Waals surface area contributed by atoms with Crippen LogP contribution < -0.4 is 4.74 Å². The van der Waals surface area contributed by atoms with Crippen molar-refractivity contribution in [1.82, 2.24) is 14.8 Å². The molecule has 0 saturated carbocycles. The summed E-state index contributed by atoms with van der Waals surface area (Å²) in [7, 11) is 0. The highest BCUT2D eigenvalue weighted by Crippen LogP contribution is 2.22. The van der Waals surface area contributed by atoms with Crippen LogP contribution in [0.2, 0.25) is 0 Å². The van der Waals surface area contributed by atoms with Crippen LogP contribution in [-0.4, -0.2) is 65.2 Å². The van der Waals surface area contributed by atoms with Gasteiger partial charge in [0.15, 0.2) is 5.60 Å². The number of aromatic nitrogens is 1. The van der Waals surface area contributed by atoms with E-state index in [1.165, 1.54) is 0 Å². The second kappa shape index (κ2) is 10.1. The molecule has 0 atom stereocenters. The van der Waals surface area contributed by atoms with Crippen LogP contribution in [0.5, 0.6) is 5.75 Å². The van der Waals surface area contributed by atoms with Crippen molar-refractivity contribution in [3.05, 3.63) is 59.9 Å². The van der Waals surface area contributed by atoms with Crippen molar-refractivity contribution in [2.45, 2.75) is 26.4 Å². The van der Waals surface area contributed by atoms with Crippen molar-refractivity contribution in [2.75, 3.05) is 32.8 Å². The molecular weight excluding hydrogens is 394 g/mol. The lowest BCUT2D eigenvalue weighted by Gasteiger charge is -2.38. The molecule has 1 aromatic carbocycles. The Hall–Kier alpha value is -3.35. The topological polar surface area (TPSA) is 72.0 Å². The first-order valence-corrected chi connectivity index (χ1v) is 10.5. The molecule has 0 N–H and O–H groups in total. The highest BCUT2D eigenvalue weighted by molar-refractivity contribution is 5.85. The minimum Gasteiger partial charge on any atom is -0.478 e. The van der Waals surface area contributed by atoms with E-state index in [1.54, 1.807) is 43.0 Å². The molecule has 2 aromatic rings. The Balaban J connectivity index is 1.55. The van der Waals surface area contributed by atoms with Crippen molar-refractivity contribution < 1.29 is 19.1 Å². The van der Waals surface area contributed by atoms with Gasteiger partial charge in [-0.25, -0.2) is 4.79 Å². The molecule has 2 amide bonds. The van der Waals surface area contributed by atoms with Crippen LogP contribution in [0.4, 0.5) is 4.79 Å². The molecule has 1 fully saturated rings. The molecule has 7 nitrogen and oxygen atoms in total. The minimum absolute atomic E-state index is 0.0994. The highest BCUT2D eigenvalue weighted by atomic mass is 16.6. The van der Waals surface area contributed by atoms with Crippen LogP contribution in [0, 0.1) is 0 Å². The second-order valence-electron chi connectivity index (χ2n) is 7.77. The monoisotopic (exact) mass is 423 g/mol. The smallest absolute Gasteiger partial charge is 0.409 e. The number of hydrogen-bond donors (Lipinski definition) is 0. The summed E-state index contributed by atoms with van der Waals surface area (Å²) in [5.41, 5.74) is 1.09. The molecule has 0 bridgehead atoms. The number of rotatable bonds is 6. The molecule has 3 rings (SSSR count). The van der Waals surface area contributed by atoms with E-state index >= 15 is 0 Å². The van der Waals surface area contributed by atoms with E-state index in [2.05, 4.69) is 4.98 Å². The minimum atomic E-state index is -1.01. The van der Waals surface area contributed by atoms with Gasteiger partial charge in [0.2, 0.25) is 0 Å². The fourth-order valence-corrected chi connectivity index (χ4v) is 3.34. The Labute approximate surface area is 183 Å². The van der Waals surface area contributed by atoms with Crippen molar-refractivity contribution >= 4 is 24.2 Å². The summed E-state index contributed by atoms with van der Waals surface area (Å²) in [6, 6.07) is 11.5. The third kappa shape index (κ3) is 6.07. The van der Waals surface area contributed by atoms with Crippen molar-refractivity contribution in [2.24, 2.45) is 0 Å². The van der Waals surface area contributed by atoms with E-state index in [-0.39, 0.29) is 12.0 Å². The van der Waals surface area contributed by atoms with Gasteiger partial charge in [-0.3, -0.25) is 9.78 Å². The van der Waals surface area contributed by atoms with Crippen LogP contribution in [0.3, 0.4) is 0 Å². The molecular formula is C24H29N3O4. The standard InChI is InChI=1S/C24H29N3O4/c1-4-30-23(29)27-17-15-26(16-18-27)22(28)24(2,3)31-21-9-7-19(8-10-21)5-6-20-11-13-25-14-12-20/h5-14H,4,15-18H2,1-3H3/b6-5+. The van der Waals surface area contributed by atoms with E-state index < -0.39 is 5.60 Å². The van der Waals surface area contributed by atoms with Gasteiger partial charge >= 0.3 is 6.09 Å². The first-order chi connectivity index (χ1) is 14.9. The molecule has 1 aliphatic heterocycles. The largest absolute Gasteiger partial charge is 0.478 e. The van der Waals surface area contributed by atoms with Gasteiger partial charge in [0.25, 0.3) is 5.91 Å². The number of nitrogens with zero attached hydrogens (tertiary/aromatic N) is 3. The number of amides is 2. The number of piperazine rings is 1. The van der Waals surface area contributed by atoms with Gasteiger partial charge in [-0.15, -0.1) is 0 Å². The van der Waals surface area contributed by atoms with Gasteiger partial charge in [-0.05, 0) is 56.2 Å². The molecule has 0 aliphatic carbocycles. The molecule has 164 valence electrons. The number of carbonyl (C=O) groups is 2. The zero-order chi connectivity index (χ0) is 22.3. The molecule has 1 aliphatic rings. The Kier molecular flexibility index (Phi) is 7.28. The van der Waals surface area contributed by atoms with Crippen LogP contribution in [0.25, 0.3) is 12.2 Å². The molecule has 0 unspecified atom stereocenters. The Morgan fingerprint density at radius 1 is 0.935 bits per heavy atom. The molecule has 31 heavy (non-hydrogen) atoms.